The molecule has 0 radical (unpaired) electrons. The van der Waals surface area contributed by atoms with Gasteiger partial charge in [0.15, 0.2) is 0 Å². The molecule has 1 fully saturated rings. The molecule has 3 aromatic rings. The molecule has 0 atom stereocenters. The number of nitrogens with zero attached hydrogens (tertiary/aromatic N) is 4. The number of piperazine rings is 1. The monoisotopic (exact) mass is 444 g/mol. The molecular formula is C26H28N4O3. The van der Waals surface area contributed by atoms with Crippen LogP contribution in [0, 0.1) is 0 Å². The summed E-state index contributed by atoms with van der Waals surface area (Å²) in [5, 5.41) is 4.43. The molecule has 7 nitrogen and oxygen atoms in total. The Balaban J connectivity index is 1.34. The molecule has 0 saturated carbocycles. The number of aromatic nitrogens is 2. The van der Waals surface area contributed by atoms with E-state index in [2.05, 4.69) is 34.3 Å². The number of amides is 1. The quantitative estimate of drug-likeness (QED) is 0.561. The van der Waals surface area contributed by atoms with Gasteiger partial charge < -0.3 is 9.64 Å². The van der Waals surface area contributed by atoms with E-state index < -0.39 is 0 Å². The van der Waals surface area contributed by atoms with Crippen molar-refractivity contribution < 1.29 is 9.53 Å². The van der Waals surface area contributed by atoms with Crippen molar-refractivity contribution in [2.45, 2.75) is 6.54 Å². The van der Waals surface area contributed by atoms with E-state index in [-0.39, 0.29) is 18.0 Å². The molecule has 0 aliphatic carbocycles. The van der Waals surface area contributed by atoms with E-state index in [1.807, 2.05) is 42.5 Å². The fourth-order valence-electron chi connectivity index (χ4n) is 3.87. The van der Waals surface area contributed by atoms with Crippen molar-refractivity contribution in [2.24, 2.45) is 0 Å². The van der Waals surface area contributed by atoms with Crippen molar-refractivity contribution in [3.63, 3.8) is 0 Å². The molecule has 1 aliphatic rings. The van der Waals surface area contributed by atoms with Crippen molar-refractivity contribution in [1.82, 2.24) is 19.6 Å². The Labute approximate surface area is 193 Å². The molecule has 1 aliphatic heterocycles. The molecule has 2 aromatic carbocycles. The van der Waals surface area contributed by atoms with E-state index in [1.54, 1.807) is 18.1 Å². The second-order valence-corrected chi connectivity index (χ2v) is 7.91. The van der Waals surface area contributed by atoms with Crippen LogP contribution in [0.2, 0.25) is 0 Å². The van der Waals surface area contributed by atoms with Crippen molar-refractivity contribution in [3.05, 3.63) is 88.7 Å². The van der Waals surface area contributed by atoms with Gasteiger partial charge in [0, 0.05) is 44.4 Å². The number of ether oxygens (including phenoxy) is 1. The minimum absolute atomic E-state index is 0.0737. The normalized spacial score (nSPS) is 14.5. The molecule has 170 valence electrons. The first kappa shape index (κ1) is 22.5. The molecule has 33 heavy (non-hydrogen) atoms. The number of benzene rings is 2. The molecule has 1 amide bonds. The molecular weight excluding hydrogens is 416 g/mol. The Bertz CT molecular complexity index is 1170. The van der Waals surface area contributed by atoms with E-state index in [4.69, 9.17) is 4.74 Å². The van der Waals surface area contributed by atoms with E-state index in [1.165, 1.54) is 16.3 Å². The lowest BCUT2D eigenvalue weighted by molar-refractivity contribution is -0.133. The van der Waals surface area contributed by atoms with Crippen molar-refractivity contribution in [1.29, 1.82) is 0 Å². The SMILES string of the molecule is COc1ccccc1-c1ccc(=O)n(CC(=O)N2CCN(C/C=C/c3ccccc3)CC2)n1. The standard InChI is InChI=1S/C26H28N4O3/c1-33-24-12-6-5-11-22(24)23-13-14-25(31)30(27-23)20-26(32)29-18-16-28(17-19-29)15-7-10-21-8-3-2-4-9-21/h2-14H,15-20H2,1H3/b10-7+. The average molecular weight is 445 g/mol. The van der Waals surface area contributed by atoms with Crippen LogP contribution in [-0.2, 0) is 11.3 Å². The summed E-state index contributed by atoms with van der Waals surface area (Å²) in [6.07, 6.45) is 4.27. The van der Waals surface area contributed by atoms with Crippen LogP contribution in [0.15, 0.2) is 77.6 Å². The summed E-state index contributed by atoms with van der Waals surface area (Å²) in [5.41, 5.74) is 2.25. The molecule has 4 rings (SSSR count). The van der Waals surface area contributed by atoms with Gasteiger partial charge >= 0.3 is 0 Å². The van der Waals surface area contributed by atoms with Crippen molar-refractivity contribution in [2.75, 3.05) is 39.8 Å². The Morgan fingerprint density at radius 3 is 2.45 bits per heavy atom. The summed E-state index contributed by atoms with van der Waals surface area (Å²) in [6.45, 7) is 3.65. The number of carbonyl (C=O) groups is 1. The maximum absolute atomic E-state index is 12.9. The van der Waals surface area contributed by atoms with Crippen molar-refractivity contribution in [3.8, 4) is 17.0 Å². The van der Waals surface area contributed by atoms with Gasteiger partial charge in [-0.1, -0.05) is 54.6 Å². The highest BCUT2D eigenvalue weighted by Crippen LogP contribution is 2.27. The Morgan fingerprint density at radius 1 is 0.970 bits per heavy atom. The number of rotatable bonds is 7. The smallest absolute Gasteiger partial charge is 0.267 e. The number of para-hydroxylation sites is 1. The predicted molar refractivity (Wildman–Crippen MR) is 129 cm³/mol. The van der Waals surface area contributed by atoms with Crippen LogP contribution in [0.25, 0.3) is 17.3 Å². The van der Waals surface area contributed by atoms with Gasteiger partial charge in [-0.15, -0.1) is 0 Å². The van der Waals surface area contributed by atoms with E-state index in [0.29, 0.717) is 24.5 Å². The lowest BCUT2D eigenvalue weighted by Crippen LogP contribution is -2.50. The number of methoxy groups -OCH3 is 1. The van der Waals surface area contributed by atoms with Gasteiger partial charge in [0.25, 0.3) is 5.56 Å². The molecule has 0 bridgehead atoms. The first-order valence-corrected chi connectivity index (χ1v) is 11.1. The van der Waals surface area contributed by atoms with Crippen LogP contribution in [0.4, 0.5) is 0 Å². The van der Waals surface area contributed by atoms with Gasteiger partial charge in [0.2, 0.25) is 5.91 Å². The summed E-state index contributed by atoms with van der Waals surface area (Å²) in [4.78, 5) is 29.3. The number of carbonyl (C=O) groups excluding carboxylic acids is 1. The van der Waals surface area contributed by atoms with Gasteiger partial charge in [0.1, 0.15) is 12.3 Å². The van der Waals surface area contributed by atoms with Gasteiger partial charge in [-0.2, -0.15) is 5.10 Å². The second kappa shape index (κ2) is 10.7. The second-order valence-electron chi connectivity index (χ2n) is 7.91. The average Bonchev–Trinajstić information content (AvgIpc) is 2.86. The fraction of sp³-hybridized carbons (Fsp3) is 0.269. The van der Waals surface area contributed by atoms with Gasteiger partial charge in [-0.25, -0.2) is 4.68 Å². The largest absolute Gasteiger partial charge is 0.496 e. The van der Waals surface area contributed by atoms with Gasteiger partial charge in [0.05, 0.1) is 12.8 Å². The van der Waals surface area contributed by atoms with Gasteiger partial charge in [-0.3, -0.25) is 14.5 Å². The molecule has 7 heteroatoms. The zero-order valence-corrected chi connectivity index (χ0v) is 18.8. The molecule has 1 aromatic heterocycles. The molecule has 0 unspecified atom stereocenters. The third-order valence-corrected chi connectivity index (χ3v) is 5.73. The van der Waals surface area contributed by atoms with Crippen LogP contribution in [0.3, 0.4) is 0 Å². The highest BCUT2D eigenvalue weighted by atomic mass is 16.5. The minimum Gasteiger partial charge on any atom is -0.496 e. The molecule has 0 N–H and O–H groups in total. The van der Waals surface area contributed by atoms with Crippen molar-refractivity contribution >= 4 is 12.0 Å². The van der Waals surface area contributed by atoms with Gasteiger partial charge in [-0.05, 0) is 23.8 Å². The zero-order valence-electron chi connectivity index (χ0n) is 18.8. The van der Waals surface area contributed by atoms with E-state index >= 15 is 0 Å². The topological polar surface area (TPSA) is 67.7 Å². The number of hydrogen-bond acceptors (Lipinski definition) is 5. The van der Waals surface area contributed by atoms with Crippen LogP contribution >= 0.6 is 0 Å². The summed E-state index contributed by atoms with van der Waals surface area (Å²) >= 11 is 0. The lowest BCUT2D eigenvalue weighted by Gasteiger charge is -2.34. The Kier molecular flexibility index (Phi) is 7.32. The van der Waals surface area contributed by atoms with Crippen LogP contribution in [-0.4, -0.2) is 65.3 Å². The molecule has 0 spiro atoms. The van der Waals surface area contributed by atoms with E-state index in [9.17, 15) is 9.59 Å². The van der Waals surface area contributed by atoms with Crippen LogP contribution in [0.1, 0.15) is 5.56 Å². The molecule has 2 heterocycles. The van der Waals surface area contributed by atoms with Crippen LogP contribution < -0.4 is 10.3 Å². The fourth-order valence-corrected chi connectivity index (χ4v) is 3.87. The maximum Gasteiger partial charge on any atom is 0.267 e. The summed E-state index contributed by atoms with van der Waals surface area (Å²) < 4.78 is 6.63. The predicted octanol–water partition coefficient (Wildman–Crippen LogP) is 2.78. The highest BCUT2D eigenvalue weighted by Gasteiger charge is 2.21. The summed E-state index contributed by atoms with van der Waals surface area (Å²) in [5.74, 6) is 0.570. The number of hydrogen-bond donors (Lipinski definition) is 0. The maximum atomic E-state index is 12.9. The van der Waals surface area contributed by atoms with Crippen LogP contribution in [0.5, 0.6) is 5.75 Å². The first-order chi connectivity index (χ1) is 16.1. The molecule has 1 saturated heterocycles. The van der Waals surface area contributed by atoms with E-state index in [0.717, 1.165) is 25.2 Å². The summed E-state index contributed by atoms with van der Waals surface area (Å²) in [7, 11) is 1.59. The lowest BCUT2D eigenvalue weighted by atomic mass is 10.1. The minimum atomic E-state index is -0.299. The summed E-state index contributed by atoms with van der Waals surface area (Å²) in [6, 6.07) is 20.8. The Hall–Kier alpha value is -3.71. The first-order valence-electron chi connectivity index (χ1n) is 11.1. The zero-order chi connectivity index (χ0) is 23.0. The third kappa shape index (κ3) is 5.75. The Morgan fingerprint density at radius 2 is 1.70 bits per heavy atom. The third-order valence-electron chi connectivity index (χ3n) is 5.73. The highest BCUT2D eigenvalue weighted by molar-refractivity contribution is 5.76.